The van der Waals surface area contributed by atoms with E-state index in [9.17, 15) is 0 Å². The molecular weight excluding hydrogens is 402 g/mol. The molecule has 0 fully saturated rings. The minimum Gasteiger partial charge on any atom is -1.00 e. The molecule has 1 aromatic rings. The average molecular weight is 425 g/mol. The molecule has 0 saturated heterocycles. The van der Waals surface area contributed by atoms with Crippen molar-refractivity contribution in [2.75, 3.05) is 0 Å². The molecule has 3 rings (SSSR count). The maximum absolute atomic E-state index is 3.12. The molecule has 0 bridgehead atoms. The average Bonchev–Trinajstić information content (AvgIpc) is 3.15. The second-order valence-electron chi connectivity index (χ2n) is 4.92. The summed E-state index contributed by atoms with van der Waals surface area (Å²) in [5.74, 6) is 0. The molecule has 0 heterocycles. The van der Waals surface area contributed by atoms with Crippen LogP contribution in [-0.2, 0) is 24.2 Å². The van der Waals surface area contributed by atoms with Crippen LogP contribution in [0.3, 0.4) is 0 Å². The van der Waals surface area contributed by atoms with E-state index in [1.165, 1.54) is 44.2 Å². The largest absolute Gasteiger partial charge is 1.00 e. The zero-order valence-corrected chi connectivity index (χ0v) is 17.8. The van der Waals surface area contributed by atoms with Gasteiger partial charge in [0.25, 0.3) is 0 Å². The van der Waals surface area contributed by atoms with Crippen LogP contribution in [0, 0.1) is 12.2 Å². The molecule has 1 aromatic carbocycles. The molecule has 2 aliphatic rings. The molecule has 3 heteroatoms. The Hall–Kier alpha value is -0.487. The fourth-order valence-electron chi connectivity index (χ4n) is 1.72. The van der Waals surface area contributed by atoms with Crippen molar-refractivity contribution in [2.45, 2.75) is 33.6 Å². The fraction of sp³-hybridized carbons (Fsp3) is 0.250. The molecular formula is C20H22Cl2Zr-2. The van der Waals surface area contributed by atoms with Crippen LogP contribution in [0.2, 0.25) is 0 Å². The van der Waals surface area contributed by atoms with E-state index in [0.717, 1.165) is 12.8 Å². The van der Waals surface area contributed by atoms with E-state index in [0.29, 0.717) is 0 Å². The van der Waals surface area contributed by atoms with Crippen LogP contribution in [0.5, 0.6) is 0 Å². The number of hydrogen-bond acceptors (Lipinski definition) is 0. The van der Waals surface area contributed by atoms with Gasteiger partial charge in [0.15, 0.2) is 0 Å². The molecule has 0 aliphatic heterocycles. The Balaban J connectivity index is 0. The first-order valence-corrected chi connectivity index (χ1v) is 8.41. The molecule has 0 spiro atoms. The molecule has 0 nitrogen and oxygen atoms in total. The van der Waals surface area contributed by atoms with Gasteiger partial charge in [0.1, 0.15) is 0 Å². The van der Waals surface area contributed by atoms with Gasteiger partial charge in [0.2, 0.25) is 0 Å². The van der Waals surface area contributed by atoms with Gasteiger partial charge in [-0.2, -0.15) is 12.2 Å². The van der Waals surface area contributed by atoms with E-state index < -0.39 is 0 Å². The summed E-state index contributed by atoms with van der Waals surface area (Å²) in [4.78, 5) is 0. The second kappa shape index (κ2) is 15.1. The van der Waals surface area contributed by atoms with Gasteiger partial charge in [-0.25, -0.2) is 23.3 Å². The molecule has 0 amide bonds. The number of benzene rings is 1. The van der Waals surface area contributed by atoms with Crippen molar-refractivity contribution >= 4 is 3.21 Å². The van der Waals surface area contributed by atoms with Crippen molar-refractivity contribution in [1.82, 2.24) is 0 Å². The molecule has 0 N–H and O–H groups in total. The van der Waals surface area contributed by atoms with Gasteiger partial charge in [-0.05, 0) is 0 Å². The van der Waals surface area contributed by atoms with E-state index in [1.807, 2.05) is 6.07 Å². The summed E-state index contributed by atoms with van der Waals surface area (Å²) < 4.78 is 1.46. The van der Waals surface area contributed by atoms with Crippen LogP contribution in [0.25, 0.3) is 0 Å². The summed E-state index contributed by atoms with van der Waals surface area (Å²) in [5, 5.41) is 0. The summed E-state index contributed by atoms with van der Waals surface area (Å²) in [6.45, 7) is 6.28. The maximum Gasteiger partial charge on any atom is -1.00 e. The van der Waals surface area contributed by atoms with Gasteiger partial charge in [0.05, 0.1) is 0 Å². The predicted molar refractivity (Wildman–Crippen MR) is 88.6 cm³/mol. The third-order valence-electron chi connectivity index (χ3n) is 2.94. The standard InChI is InChI=1S/C8H8.2C6H7.2ClH.Zr/c1-2-8-6-4-3-5-7-8;2*1-6-4-2-3-5-6;;;/h3-7H,1H3;2*2,4H,3H2,1H3;2*1H;/q;2*-1;;;+2/p-2. The number of halogens is 2. The third-order valence-corrected chi connectivity index (χ3v) is 3.65. The number of allylic oxidation sites excluding steroid dienone is 8. The maximum atomic E-state index is 3.12. The molecule has 0 aromatic heterocycles. The minimum absolute atomic E-state index is 0. The van der Waals surface area contributed by atoms with Crippen molar-refractivity contribution in [3.63, 3.8) is 0 Å². The smallest absolute Gasteiger partial charge is 1.00 e. The molecule has 23 heavy (non-hydrogen) atoms. The van der Waals surface area contributed by atoms with Crippen LogP contribution in [0.4, 0.5) is 0 Å². The van der Waals surface area contributed by atoms with Crippen LogP contribution >= 0.6 is 0 Å². The Kier molecular flexibility index (Phi) is 16.2. The first-order valence-electron chi connectivity index (χ1n) is 7.18. The van der Waals surface area contributed by atoms with Crippen molar-refractivity contribution in [1.29, 1.82) is 0 Å². The quantitative estimate of drug-likeness (QED) is 0.517. The molecule has 0 unspecified atom stereocenters. The molecule has 0 atom stereocenters. The van der Waals surface area contributed by atoms with Crippen molar-refractivity contribution in [3.05, 3.63) is 83.5 Å². The SMILES string of the molecule is CC1=[C-]CC=C1.CC1=[C-]CC=C1.C[C](=[Zr+2])c1ccccc1.[Cl-].[Cl-]. The number of rotatable bonds is 1. The van der Waals surface area contributed by atoms with E-state index in [1.54, 1.807) is 0 Å². The van der Waals surface area contributed by atoms with Gasteiger partial charge in [-0.3, -0.25) is 12.2 Å². The molecule has 0 radical (unpaired) electrons. The third kappa shape index (κ3) is 12.6. The van der Waals surface area contributed by atoms with Gasteiger partial charge in [-0.1, -0.05) is 13.8 Å². The van der Waals surface area contributed by atoms with Gasteiger partial charge < -0.3 is 24.8 Å². The summed E-state index contributed by atoms with van der Waals surface area (Å²) in [7, 11) is 0. The summed E-state index contributed by atoms with van der Waals surface area (Å²) in [6, 6.07) is 10.5. The second-order valence-corrected chi connectivity index (χ2v) is 6.77. The zero-order valence-electron chi connectivity index (χ0n) is 13.9. The van der Waals surface area contributed by atoms with Gasteiger partial charge >= 0.3 is 70.3 Å². The summed E-state index contributed by atoms with van der Waals surface area (Å²) >= 11 is 1.51. The van der Waals surface area contributed by atoms with E-state index in [4.69, 9.17) is 0 Å². The van der Waals surface area contributed by atoms with Gasteiger partial charge in [0, 0.05) is 0 Å². The minimum atomic E-state index is 0. The Morgan fingerprint density at radius 1 is 0.870 bits per heavy atom. The number of hydrogen-bond donors (Lipinski definition) is 0. The van der Waals surface area contributed by atoms with Crippen molar-refractivity contribution in [2.24, 2.45) is 0 Å². The monoisotopic (exact) mass is 422 g/mol. The zero-order chi connectivity index (χ0) is 15.5. The van der Waals surface area contributed by atoms with Gasteiger partial charge in [-0.15, -0.1) is 12.8 Å². The molecule has 0 saturated carbocycles. The van der Waals surface area contributed by atoms with Crippen LogP contribution < -0.4 is 24.8 Å². The van der Waals surface area contributed by atoms with Crippen molar-refractivity contribution < 1.29 is 49.0 Å². The summed E-state index contributed by atoms with van der Waals surface area (Å²) in [5.41, 5.74) is 3.92. The predicted octanol–water partition coefficient (Wildman–Crippen LogP) is -0.827. The first kappa shape index (κ1) is 24.8. The normalized spacial score (nSPS) is 13.3. The van der Waals surface area contributed by atoms with Crippen LogP contribution in [0.1, 0.15) is 39.2 Å². The Bertz CT molecular complexity index is 533. The van der Waals surface area contributed by atoms with Crippen molar-refractivity contribution in [3.8, 4) is 0 Å². The first-order chi connectivity index (χ1) is 10.1. The fourth-order valence-corrected chi connectivity index (χ4v) is 2.13. The molecule has 2 aliphatic carbocycles. The Morgan fingerprint density at radius 2 is 1.30 bits per heavy atom. The topological polar surface area (TPSA) is 0 Å². The van der Waals surface area contributed by atoms with E-state index >= 15 is 0 Å². The van der Waals surface area contributed by atoms with Crippen LogP contribution in [-0.4, -0.2) is 3.21 Å². The Labute approximate surface area is 168 Å². The van der Waals surface area contributed by atoms with E-state index in [2.05, 4.69) is 81.5 Å². The van der Waals surface area contributed by atoms with E-state index in [-0.39, 0.29) is 24.8 Å². The summed E-state index contributed by atoms with van der Waals surface area (Å²) in [6.07, 6.45) is 16.7. The van der Waals surface area contributed by atoms with Crippen LogP contribution in [0.15, 0.2) is 65.8 Å². The molecule has 122 valence electrons. The Morgan fingerprint density at radius 3 is 1.48 bits per heavy atom.